The van der Waals surface area contributed by atoms with Gasteiger partial charge in [-0.3, -0.25) is 0 Å². The number of nitrogens with one attached hydrogen (secondary N) is 1. The van der Waals surface area contributed by atoms with E-state index in [0.717, 1.165) is 37.8 Å². The molecule has 0 spiro atoms. The van der Waals surface area contributed by atoms with Crippen LogP contribution in [0.1, 0.15) is 11.1 Å². The van der Waals surface area contributed by atoms with Crippen LogP contribution in [0.15, 0.2) is 81.7 Å². The number of halogens is 5. The quantitative estimate of drug-likeness (QED) is 0.266. The Balaban J connectivity index is 0.000000491. The van der Waals surface area contributed by atoms with Crippen molar-refractivity contribution in [3.63, 3.8) is 0 Å². The molecule has 0 saturated heterocycles. The van der Waals surface area contributed by atoms with Gasteiger partial charge >= 0.3 is 7.25 Å². The van der Waals surface area contributed by atoms with Crippen LogP contribution >= 0.6 is 15.9 Å². The van der Waals surface area contributed by atoms with Crippen molar-refractivity contribution in [3.8, 4) is 11.3 Å². The van der Waals surface area contributed by atoms with Crippen molar-refractivity contribution in [1.82, 2.24) is 0 Å². The van der Waals surface area contributed by atoms with Crippen molar-refractivity contribution in [2.75, 3.05) is 0 Å². The van der Waals surface area contributed by atoms with E-state index in [1.807, 2.05) is 30.3 Å². The predicted molar refractivity (Wildman–Crippen MR) is 119 cm³/mol. The van der Waals surface area contributed by atoms with Gasteiger partial charge < -0.3 is 21.7 Å². The fraction of sp³-hybridized carbons (Fsp3) is 0.0870. The van der Waals surface area contributed by atoms with Crippen LogP contribution in [0.2, 0.25) is 0 Å². The minimum atomic E-state index is -6.00. The molecular formula is C23H19BBrF4NO. The third-order valence-electron chi connectivity index (χ3n) is 4.39. The fourth-order valence-corrected chi connectivity index (χ4v) is 3.50. The average Bonchev–Trinajstić information content (AvgIpc) is 2.68. The Morgan fingerprint density at radius 2 is 1.45 bits per heavy atom. The molecule has 0 aliphatic heterocycles. The molecule has 4 aromatic rings. The van der Waals surface area contributed by atoms with Crippen molar-refractivity contribution >= 4 is 39.8 Å². The van der Waals surface area contributed by atoms with Crippen molar-refractivity contribution in [3.05, 3.63) is 93.8 Å². The monoisotopic (exact) mass is 491 g/mol. The summed E-state index contributed by atoms with van der Waals surface area (Å²) >= 11 is 3.49. The molecule has 2 nitrogen and oxygen atoms in total. The molecule has 1 aromatic heterocycles. The van der Waals surface area contributed by atoms with Crippen LogP contribution in [0.25, 0.3) is 22.3 Å². The van der Waals surface area contributed by atoms with Crippen LogP contribution in [0.3, 0.4) is 0 Å². The van der Waals surface area contributed by atoms with Gasteiger partial charge in [0.05, 0.1) is 11.5 Å². The maximum Gasteiger partial charge on any atom is 0.673 e. The Hall–Kier alpha value is -2.87. The Labute approximate surface area is 185 Å². The first-order chi connectivity index (χ1) is 14.6. The smallest absolute Gasteiger partial charge is 0.456 e. The molecule has 0 aliphatic rings. The highest BCUT2D eigenvalue weighted by atomic mass is 79.9. The first-order valence-corrected chi connectivity index (χ1v) is 10.2. The van der Waals surface area contributed by atoms with E-state index in [4.69, 9.17) is 4.42 Å². The summed E-state index contributed by atoms with van der Waals surface area (Å²) in [6.07, 6.45) is 0. The van der Waals surface area contributed by atoms with Gasteiger partial charge in [-0.1, -0.05) is 52.3 Å². The van der Waals surface area contributed by atoms with Crippen LogP contribution in [-0.2, 0) is 0 Å². The summed E-state index contributed by atoms with van der Waals surface area (Å²) in [5, 5.41) is 2.16. The van der Waals surface area contributed by atoms with E-state index >= 15 is 0 Å². The van der Waals surface area contributed by atoms with E-state index in [-0.39, 0.29) is 0 Å². The highest BCUT2D eigenvalue weighted by molar-refractivity contribution is 9.10. The molecule has 0 fully saturated rings. The molecule has 0 radical (unpaired) electrons. The lowest BCUT2D eigenvalue weighted by Crippen LogP contribution is -2.70. The zero-order chi connectivity index (χ0) is 22.6. The molecule has 0 amide bonds. The second-order valence-electron chi connectivity index (χ2n) is 6.97. The molecule has 160 valence electrons. The zero-order valence-corrected chi connectivity index (χ0v) is 18.4. The van der Waals surface area contributed by atoms with Crippen LogP contribution in [0.5, 0.6) is 0 Å². The van der Waals surface area contributed by atoms with E-state index in [0.29, 0.717) is 0 Å². The first kappa shape index (κ1) is 22.8. The molecule has 3 aromatic carbocycles. The van der Waals surface area contributed by atoms with E-state index < -0.39 is 7.25 Å². The van der Waals surface area contributed by atoms with Gasteiger partial charge in [0.25, 0.3) is 0 Å². The number of hydrogen-bond acceptors (Lipinski definition) is 1. The van der Waals surface area contributed by atoms with Crippen molar-refractivity contribution in [2.45, 2.75) is 13.8 Å². The van der Waals surface area contributed by atoms with Gasteiger partial charge in [0, 0.05) is 22.2 Å². The molecular weight excluding hydrogens is 473 g/mol. The van der Waals surface area contributed by atoms with Crippen LogP contribution in [-0.4, -0.2) is 7.25 Å². The molecule has 31 heavy (non-hydrogen) atoms. The van der Waals surface area contributed by atoms with E-state index in [2.05, 4.69) is 77.2 Å². The first-order valence-electron chi connectivity index (χ1n) is 9.43. The predicted octanol–water partition coefficient (Wildman–Crippen LogP) is 6.09. The van der Waals surface area contributed by atoms with Crippen molar-refractivity contribution in [2.24, 2.45) is 0 Å². The molecule has 8 heteroatoms. The third kappa shape index (κ3) is 6.56. The second-order valence-corrected chi connectivity index (χ2v) is 7.89. The molecule has 0 bridgehead atoms. The van der Waals surface area contributed by atoms with Gasteiger partial charge in [-0.15, -0.1) is 0 Å². The summed E-state index contributed by atoms with van der Waals surface area (Å²) in [5.41, 5.74) is 5.39. The van der Waals surface area contributed by atoms with E-state index in [1.54, 1.807) is 0 Å². The van der Waals surface area contributed by atoms with E-state index in [1.165, 1.54) is 11.1 Å². The molecule has 1 heterocycles. The Kier molecular flexibility index (Phi) is 7.00. The molecule has 0 atom stereocenters. The lowest BCUT2D eigenvalue weighted by Gasteiger charge is -2.06. The highest BCUT2D eigenvalue weighted by Crippen LogP contribution is 2.24. The zero-order valence-electron chi connectivity index (χ0n) is 16.8. The molecule has 0 saturated carbocycles. The number of benzene rings is 3. The molecule has 4 rings (SSSR count). The van der Waals surface area contributed by atoms with Crippen LogP contribution in [0.4, 0.5) is 23.0 Å². The molecule has 0 aliphatic carbocycles. The van der Waals surface area contributed by atoms with Crippen LogP contribution < -0.4 is 10.3 Å². The SMILES string of the molecule is Cc1cc(C)c2c(=[NH+]c3ccc(Br)cc3)cc(-c3ccccc3)oc2c1.F[B-](F)(F)F. The maximum absolute atomic E-state index is 9.75. The minimum Gasteiger partial charge on any atom is -0.456 e. The lowest BCUT2D eigenvalue weighted by atomic mass is 10.0. The summed E-state index contributed by atoms with van der Waals surface area (Å²) in [5.74, 6) is 0.850. The Bertz CT molecular complexity index is 1250. The normalized spacial score (nSPS) is 11.9. The van der Waals surface area contributed by atoms with Crippen molar-refractivity contribution in [1.29, 1.82) is 0 Å². The summed E-state index contributed by atoms with van der Waals surface area (Å²) in [7, 11) is -6.00. The lowest BCUT2D eigenvalue weighted by molar-refractivity contribution is -0.400. The van der Waals surface area contributed by atoms with Gasteiger partial charge in [0.15, 0.2) is 0 Å². The topological polar surface area (TPSA) is 27.1 Å². The van der Waals surface area contributed by atoms with Gasteiger partial charge in [-0.25, -0.2) is 4.99 Å². The summed E-state index contributed by atoms with van der Waals surface area (Å²) in [6.45, 7) is 4.22. The summed E-state index contributed by atoms with van der Waals surface area (Å²) in [4.78, 5) is 3.56. The fourth-order valence-electron chi connectivity index (χ4n) is 3.24. The van der Waals surface area contributed by atoms with Gasteiger partial charge in [-0.2, -0.15) is 0 Å². The summed E-state index contributed by atoms with van der Waals surface area (Å²) < 4.78 is 46.3. The highest BCUT2D eigenvalue weighted by Gasteiger charge is 2.20. The van der Waals surface area contributed by atoms with Gasteiger partial charge in [0.2, 0.25) is 11.0 Å². The van der Waals surface area contributed by atoms with Gasteiger partial charge in [-0.05, 0) is 43.2 Å². The number of hydrogen-bond donors (Lipinski definition) is 1. The molecule has 1 N–H and O–H groups in total. The minimum absolute atomic E-state index is 0.850. The van der Waals surface area contributed by atoms with E-state index in [9.17, 15) is 17.3 Å². The van der Waals surface area contributed by atoms with Crippen molar-refractivity contribution < 1.29 is 26.7 Å². The van der Waals surface area contributed by atoms with Crippen LogP contribution in [0, 0.1) is 13.8 Å². The number of aryl methyl sites for hydroxylation is 2. The summed E-state index contributed by atoms with van der Waals surface area (Å²) in [6, 6.07) is 24.8. The maximum atomic E-state index is 9.75. The second kappa shape index (κ2) is 9.51. The third-order valence-corrected chi connectivity index (χ3v) is 4.92. The number of rotatable bonds is 2. The Morgan fingerprint density at radius 1 is 0.839 bits per heavy atom. The largest absolute Gasteiger partial charge is 0.673 e. The average molecular weight is 492 g/mol. The molecule has 0 unspecified atom stereocenters. The van der Waals surface area contributed by atoms with Gasteiger partial charge in [0.1, 0.15) is 11.3 Å². The number of fused-ring (bicyclic) bond motifs is 1. The standard InChI is InChI=1S/C23H18BrNO.BF4/c1-15-12-16(2)23-20(25-19-10-8-18(24)9-11-19)14-21(26-22(23)13-15)17-6-4-3-5-7-17;2-1(3,4)5/h3-14H,1-2H3;/q;-1/p+1. The Morgan fingerprint density at radius 3 is 2.06 bits per heavy atom.